The first-order valence-corrected chi connectivity index (χ1v) is 5.61. The number of nitrogens with zero attached hydrogens (tertiary/aromatic N) is 2. The summed E-state index contributed by atoms with van der Waals surface area (Å²) in [5, 5.41) is 0. The molecule has 74 valence electrons. The standard InChI is InChI=1S/C10H11ClN2S/c1-7-5-12-6-13(7)8(2)9-3-4-10(11)14-9/h3-6,8H,1-2H3. The Labute approximate surface area is 92.2 Å². The van der Waals surface area contributed by atoms with Crippen molar-refractivity contribution in [3.63, 3.8) is 0 Å². The van der Waals surface area contributed by atoms with Crippen LogP contribution in [0.25, 0.3) is 0 Å². The molecule has 1 unspecified atom stereocenters. The summed E-state index contributed by atoms with van der Waals surface area (Å²) >= 11 is 7.52. The first-order valence-electron chi connectivity index (χ1n) is 4.42. The molecule has 2 heterocycles. The zero-order valence-electron chi connectivity index (χ0n) is 8.07. The second-order valence-electron chi connectivity index (χ2n) is 3.26. The molecule has 0 amide bonds. The van der Waals surface area contributed by atoms with Gasteiger partial charge in [0.05, 0.1) is 16.7 Å². The lowest BCUT2D eigenvalue weighted by Gasteiger charge is -2.12. The van der Waals surface area contributed by atoms with Gasteiger partial charge >= 0.3 is 0 Å². The van der Waals surface area contributed by atoms with E-state index in [4.69, 9.17) is 11.6 Å². The summed E-state index contributed by atoms with van der Waals surface area (Å²) in [6.45, 7) is 4.20. The van der Waals surface area contributed by atoms with Gasteiger partial charge in [0, 0.05) is 16.8 Å². The highest BCUT2D eigenvalue weighted by atomic mass is 35.5. The summed E-state index contributed by atoms with van der Waals surface area (Å²) in [5.41, 5.74) is 1.17. The van der Waals surface area contributed by atoms with Crippen molar-refractivity contribution in [2.75, 3.05) is 0 Å². The SMILES string of the molecule is Cc1cncn1C(C)c1ccc(Cl)s1. The van der Waals surface area contributed by atoms with Gasteiger partial charge in [-0.1, -0.05) is 11.6 Å². The number of hydrogen-bond donors (Lipinski definition) is 0. The molecule has 0 aliphatic heterocycles. The van der Waals surface area contributed by atoms with E-state index in [1.54, 1.807) is 11.3 Å². The van der Waals surface area contributed by atoms with Gasteiger partial charge in [0.2, 0.25) is 0 Å². The minimum Gasteiger partial charge on any atom is -0.327 e. The monoisotopic (exact) mass is 226 g/mol. The summed E-state index contributed by atoms with van der Waals surface area (Å²) in [7, 11) is 0. The number of imidazole rings is 1. The van der Waals surface area contributed by atoms with Gasteiger partial charge in [0.15, 0.2) is 0 Å². The fourth-order valence-corrected chi connectivity index (χ4v) is 2.58. The molecule has 0 spiro atoms. The Hall–Kier alpha value is -0.800. The Kier molecular flexibility index (Phi) is 2.61. The Morgan fingerprint density at radius 1 is 1.50 bits per heavy atom. The summed E-state index contributed by atoms with van der Waals surface area (Å²) < 4.78 is 2.98. The van der Waals surface area contributed by atoms with Gasteiger partial charge in [-0.25, -0.2) is 4.98 Å². The topological polar surface area (TPSA) is 17.8 Å². The number of rotatable bonds is 2. The predicted molar refractivity (Wildman–Crippen MR) is 60.1 cm³/mol. The van der Waals surface area contributed by atoms with Gasteiger partial charge < -0.3 is 4.57 Å². The maximum atomic E-state index is 5.90. The van der Waals surface area contributed by atoms with Crippen molar-refractivity contribution in [3.8, 4) is 0 Å². The fourth-order valence-electron chi connectivity index (χ4n) is 1.47. The highest BCUT2D eigenvalue weighted by molar-refractivity contribution is 7.16. The van der Waals surface area contributed by atoms with Crippen molar-refractivity contribution < 1.29 is 0 Å². The Bertz CT molecular complexity index is 433. The summed E-state index contributed by atoms with van der Waals surface area (Å²) in [5.74, 6) is 0. The third-order valence-electron chi connectivity index (χ3n) is 2.28. The van der Waals surface area contributed by atoms with E-state index < -0.39 is 0 Å². The van der Waals surface area contributed by atoms with Gasteiger partial charge in [0.1, 0.15) is 0 Å². The molecular formula is C10H11ClN2S. The number of halogens is 1. The van der Waals surface area contributed by atoms with E-state index in [0.717, 1.165) is 4.34 Å². The molecule has 0 N–H and O–H groups in total. The van der Waals surface area contributed by atoms with E-state index >= 15 is 0 Å². The highest BCUT2D eigenvalue weighted by Crippen LogP contribution is 2.29. The third-order valence-corrected chi connectivity index (χ3v) is 3.68. The molecule has 0 saturated carbocycles. The first kappa shape index (κ1) is 9.74. The minimum absolute atomic E-state index is 0.315. The fraction of sp³-hybridized carbons (Fsp3) is 0.300. The van der Waals surface area contributed by atoms with Gasteiger partial charge in [-0.2, -0.15) is 0 Å². The number of aromatic nitrogens is 2. The molecule has 0 bridgehead atoms. The minimum atomic E-state index is 0.315. The predicted octanol–water partition coefficient (Wildman–Crippen LogP) is 3.52. The molecule has 0 aromatic carbocycles. The van der Waals surface area contributed by atoms with Crippen LogP contribution in [-0.4, -0.2) is 9.55 Å². The normalized spacial score (nSPS) is 13.1. The zero-order chi connectivity index (χ0) is 10.1. The van der Waals surface area contributed by atoms with Gasteiger partial charge in [-0.3, -0.25) is 0 Å². The number of hydrogen-bond acceptors (Lipinski definition) is 2. The third kappa shape index (κ3) is 1.70. The molecule has 0 aliphatic rings. The van der Waals surface area contributed by atoms with Crippen LogP contribution in [-0.2, 0) is 0 Å². The van der Waals surface area contributed by atoms with Crippen LogP contribution >= 0.6 is 22.9 Å². The van der Waals surface area contributed by atoms with Crippen LogP contribution in [0.15, 0.2) is 24.7 Å². The summed E-state index contributed by atoms with van der Waals surface area (Å²) in [6.07, 6.45) is 3.72. The Morgan fingerprint density at radius 3 is 2.79 bits per heavy atom. The van der Waals surface area contributed by atoms with E-state index in [-0.39, 0.29) is 0 Å². The quantitative estimate of drug-likeness (QED) is 0.766. The molecule has 2 nitrogen and oxygen atoms in total. The van der Waals surface area contributed by atoms with Crippen molar-refractivity contribution in [2.24, 2.45) is 0 Å². The van der Waals surface area contributed by atoms with Crippen LogP contribution in [0.4, 0.5) is 0 Å². The zero-order valence-corrected chi connectivity index (χ0v) is 9.64. The van der Waals surface area contributed by atoms with Crippen molar-refractivity contribution in [3.05, 3.63) is 39.6 Å². The van der Waals surface area contributed by atoms with Crippen LogP contribution in [0.1, 0.15) is 23.5 Å². The van der Waals surface area contributed by atoms with E-state index in [1.165, 1.54) is 10.6 Å². The molecule has 0 fully saturated rings. The maximum absolute atomic E-state index is 5.90. The van der Waals surface area contributed by atoms with Crippen molar-refractivity contribution in [2.45, 2.75) is 19.9 Å². The second-order valence-corrected chi connectivity index (χ2v) is 5.01. The molecule has 14 heavy (non-hydrogen) atoms. The Balaban J connectivity index is 2.33. The molecule has 2 aromatic rings. The van der Waals surface area contributed by atoms with E-state index in [1.807, 2.05) is 18.6 Å². The Morgan fingerprint density at radius 2 is 2.29 bits per heavy atom. The molecule has 2 aromatic heterocycles. The molecule has 4 heteroatoms. The lowest BCUT2D eigenvalue weighted by molar-refractivity contribution is 0.633. The first-order chi connectivity index (χ1) is 6.68. The average Bonchev–Trinajstić information content (AvgIpc) is 2.73. The molecule has 1 atom stereocenters. The molecule has 0 radical (unpaired) electrons. The molecule has 0 aliphatic carbocycles. The van der Waals surface area contributed by atoms with E-state index in [0.29, 0.717) is 6.04 Å². The number of thiophene rings is 1. The van der Waals surface area contributed by atoms with Gasteiger partial charge in [-0.05, 0) is 26.0 Å². The van der Waals surface area contributed by atoms with Crippen LogP contribution in [0.2, 0.25) is 4.34 Å². The van der Waals surface area contributed by atoms with E-state index in [9.17, 15) is 0 Å². The van der Waals surface area contributed by atoms with Crippen molar-refractivity contribution >= 4 is 22.9 Å². The average molecular weight is 227 g/mol. The maximum Gasteiger partial charge on any atom is 0.0954 e. The summed E-state index contributed by atoms with van der Waals surface area (Å²) in [4.78, 5) is 5.37. The lowest BCUT2D eigenvalue weighted by Crippen LogP contribution is -2.05. The second kappa shape index (κ2) is 3.75. The number of aryl methyl sites for hydroxylation is 1. The largest absolute Gasteiger partial charge is 0.327 e. The van der Waals surface area contributed by atoms with Crippen LogP contribution in [0, 0.1) is 6.92 Å². The summed E-state index contributed by atoms with van der Waals surface area (Å²) in [6, 6.07) is 4.32. The van der Waals surface area contributed by atoms with Crippen LogP contribution in [0.3, 0.4) is 0 Å². The smallest absolute Gasteiger partial charge is 0.0954 e. The molecular weight excluding hydrogens is 216 g/mol. The lowest BCUT2D eigenvalue weighted by atomic mass is 10.2. The van der Waals surface area contributed by atoms with E-state index in [2.05, 4.69) is 29.5 Å². The molecule has 0 saturated heterocycles. The van der Waals surface area contributed by atoms with Crippen LogP contribution in [0.5, 0.6) is 0 Å². The van der Waals surface area contributed by atoms with Crippen molar-refractivity contribution in [1.82, 2.24) is 9.55 Å². The van der Waals surface area contributed by atoms with Gasteiger partial charge in [-0.15, -0.1) is 11.3 Å². The highest BCUT2D eigenvalue weighted by Gasteiger charge is 2.11. The van der Waals surface area contributed by atoms with Gasteiger partial charge in [0.25, 0.3) is 0 Å². The van der Waals surface area contributed by atoms with Crippen LogP contribution < -0.4 is 0 Å². The van der Waals surface area contributed by atoms with Crippen molar-refractivity contribution in [1.29, 1.82) is 0 Å². The molecule has 2 rings (SSSR count).